The van der Waals surface area contributed by atoms with E-state index >= 15 is 0 Å². The van der Waals surface area contributed by atoms with E-state index in [0.717, 1.165) is 37.0 Å². The molecule has 0 saturated heterocycles. The molecule has 0 bridgehead atoms. The van der Waals surface area contributed by atoms with Crippen molar-refractivity contribution in [2.75, 3.05) is 0 Å². The molecule has 8 unspecified atom stereocenters. The minimum absolute atomic E-state index is 0.265. The van der Waals surface area contributed by atoms with Crippen LogP contribution in [0, 0.1) is 46.3 Å². The number of hydrogen-bond acceptors (Lipinski definition) is 2. The van der Waals surface area contributed by atoms with Crippen molar-refractivity contribution < 1.29 is 9.90 Å². The zero-order valence-electron chi connectivity index (χ0n) is 19.3. The number of carbonyl (C=O) groups is 1. The number of aliphatic hydroxyl groups is 1. The van der Waals surface area contributed by atoms with E-state index in [4.69, 9.17) is 0 Å². The maximum atomic E-state index is 12.0. The molecule has 0 radical (unpaired) electrons. The Morgan fingerprint density at radius 3 is 2.48 bits per heavy atom. The summed E-state index contributed by atoms with van der Waals surface area (Å²) in [7, 11) is 0. The number of fused-ring (bicyclic) bond motifs is 5. The Balaban J connectivity index is 1.55. The molecule has 0 aliphatic heterocycles. The average Bonchev–Trinajstić information content (AvgIpc) is 3.03. The van der Waals surface area contributed by atoms with Crippen molar-refractivity contribution in [2.24, 2.45) is 46.3 Å². The van der Waals surface area contributed by atoms with Gasteiger partial charge in [-0.15, -0.1) is 0 Å². The fourth-order valence-electron chi connectivity index (χ4n) is 8.21. The van der Waals surface area contributed by atoms with Crippen molar-refractivity contribution in [3.63, 3.8) is 0 Å². The van der Waals surface area contributed by atoms with Gasteiger partial charge in [0, 0.05) is 6.42 Å². The zero-order chi connectivity index (χ0) is 21.0. The Morgan fingerprint density at radius 2 is 1.76 bits per heavy atom. The highest BCUT2D eigenvalue weighted by Gasteiger charge is 2.59. The Labute approximate surface area is 178 Å². The normalized spacial score (nSPS) is 44.2. The third kappa shape index (κ3) is 3.48. The largest absolute Gasteiger partial charge is 0.389 e. The molecule has 2 heteroatoms. The van der Waals surface area contributed by atoms with Gasteiger partial charge < -0.3 is 5.11 Å². The summed E-state index contributed by atoms with van der Waals surface area (Å²) in [5.41, 5.74) is 2.10. The van der Waals surface area contributed by atoms with Gasteiger partial charge in [0.15, 0.2) is 5.78 Å². The van der Waals surface area contributed by atoms with Crippen LogP contribution in [0.25, 0.3) is 0 Å². The van der Waals surface area contributed by atoms with Crippen LogP contribution >= 0.6 is 0 Å². The summed E-state index contributed by atoms with van der Waals surface area (Å²) in [5, 5.41) is 10.9. The maximum absolute atomic E-state index is 12.0. The zero-order valence-corrected chi connectivity index (χ0v) is 19.3. The van der Waals surface area contributed by atoms with Crippen LogP contribution in [0.4, 0.5) is 0 Å². The van der Waals surface area contributed by atoms with Gasteiger partial charge in [-0.05, 0) is 97.4 Å². The molecule has 0 aromatic carbocycles. The lowest BCUT2D eigenvalue weighted by molar-refractivity contribution is -0.117. The molecule has 2 nitrogen and oxygen atoms in total. The van der Waals surface area contributed by atoms with Gasteiger partial charge in [-0.2, -0.15) is 0 Å². The minimum atomic E-state index is -0.321. The predicted molar refractivity (Wildman–Crippen MR) is 119 cm³/mol. The van der Waals surface area contributed by atoms with Crippen molar-refractivity contribution in [2.45, 2.75) is 92.1 Å². The van der Waals surface area contributed by atoms with Crippen LogP contribution in [0.15, 0.2) is 23.8 Å². The minimum Gasteiger partial charge on any atom is -0.389 e. The molecule has 162 valence electrons. The molecule has 4 aliphatic rings. The number of allylic oxidation sites excluding steroid dienone is 2. The second-order valence-corrected chi connectivity index (χ2v) is 11.7. The van der Waals surface area contributed by atoms with Gasteiger partial charge in [-0.25, -0.2) is 0 Å². The Kier molecular flexibility index (Phi) is 5.64. The van der Waals surface area contributed by atoms with E-state index in [2.05, 4.69) is 46.8 Å². The summed E-state index contributed by atoms with van der Waals surface area (Å²) in [6, 6.07) is 0. The number of hydrogen-bond donors (Lipinski definition) is 1. The highest BCUT2D eigenvalue weighted by Crippen LogP contribution is 2.67. The molecule has 4 aliphatic carbocycles. The molecular formula is C27H42O2. The summed E-state index contributed by atoms with van der Waals surface area (Å²) in [5.74, 6) is 4.17. The Morgan fingerprint density at radius 1 is 1.00 bits per heavy atom. The summed E-state index contributed by atoms with van der Waals surface area (Å²) >= 11 is 0. The van der Waals surface area contributed by atoms with Crippen molar-refractivity contribution in [3.8, 4) is 0 Å². The smallest absolute Gasteiger partial charge is 0.155 e. The van der Waals surface area contributed by atoms with Crippen molar-refractivity contribution in [3.05, 3.63) is 23.8 Å². The first-order valence-corrected chi connectivity index (χ1v) is 12.3. The van der Waals surface area contributed by atoms with Crippen LogP contribution in [0.2, 0.25) is 0 Å². The van der Waals surface area contributed by atoms with Crippen molar-refractivity contribution in [1.82, 2.24) is 0 Å². The van der Waals surface area contributed by atoms with Gasteiger partial charge in [-0.1, -0.05) is 52.3 Å². The lowest BCUT2D eigenvalue weighted by atomic mass is 9.46. The van der Waals surface area contributed by atoms with Crippen LogP contribution in [-0.2, 0) is 4.79 Å². The van der Waals surface area contributed by atoms with E-state index in [1.165, 1.54) is 37.7 Å². The van der Waals surface area contributed by atoms with E-state index in [-0.39, 0.29) is 11.5 Å². The van der Waals surface area contributed by atoms with E-state index < -0.39 is 0 Å². The van der Waals surface area contributed by atoms with E-state index in [1.54, 1.807) is 0 Å². The van der Waals surface area contributed by atoms with Gasteiger partial charge in [0.05, 0.1) is 6.10 Å². The summed E-state index contributed by atoms with van der Waals surface area (Å²) < 4.78 is 0. The molecule has 0 aromatic rings. The molecule has 8 atom stereocenters. The van der Waals surface area contributed by atoms with E-state index in [0.29, 0.717) is 29.0 Å². The van der Waals surface area contributed by atoms with Crippen molar-refractivity contribution >= 4 is 5.78 Å². The van der Waals surface area contributed by atoms with Gasteiger partial charge in [0.1, 0.15) is 0 Å². The number of aliphatic hydroxyl groups excluding tert-OH is 1. The Hall–Kier alpha value is -0.890. The van der Waals surface area contributed by atoms with Crippen LogP contribution in [0.3, 0.4) is 0 Å². The highest BCUT2D eigenvalue weighted by atomic mass is 16.3. The average molecular weight is 399 g/mol. The quantitative estimate of drug-likeness (QED) is 0.561. The maximum Gasteiger partial charge on any atom is 0.155 e. The third-order valence-electron chi connectivity index (χ3n) is 9.90. The molecular weight excluding hydrogens is 356 g/mol. The first-order valence-electron chi connectivity index (χ1n) is 12.3. The number of carbonyl (C=O) groups excluding carboxylic acids is 1. The first kappa shape index (κ1) is 21.3. The molecule has 0 heterocycles. The van der Waals surface area contributed by atoms with Crippen LogP contribution < -0.4 is 0 Å². The third-order valence-corrected chi connectivity index (χ3v) is 9.90. The van der Waals surface area contributed by atoms with Gasteiger partial charge >= 0.3 is 0 Å². The topological polar surface area (TPSA) is 37.3 Å². The molecule has 3 saturated carbocycles. The standard InChI is InChI=1S/C27H42O2/c1-17(2)6-11-25(29)18(3)22-9-10-23-21-8-7-19-16-20(28)12-14-26(19,4)24(21)13-15-27(22,23)5/h6,11,16-18,21-25,29H,7-10,12-15H2,1-5H3. The summed E-state index contributed by atoms with van der Waals surface area (Å²) in [6.45, 7) is 11.7. The van der Waals surface area contributed by atoms with E-state index in [9.17, 15) is 9.90 Å². The molecule has 3 fully saturated rings. The predicted octanol–water partition coefficient (Wildman–Crippen LogP) is 6.34. The molecule has 29 heavy (non-hydrogen) atoms. The monoisotopic (exact) mass is 398 g/mol. The van der Waals surface area contributed by atoms with Crippen molar-refractivity contribution in [1.29, 1.82) is 0 Å². The summed E-state index contributed by atoms with van der Waals surface area (Å²) in [6.07, 6.45) is 15.3. The molecule has 4 rings (SSSR count). The molecule has 0 spiro atoms. The summed E-state index contributed by atoms with van der Waals surface area (Å²) in [4.78, 5) is 12.0. The van der Waals surface area contributed by atoms with Crippen LogP contribution in [0.5, 0.6) is 0 Å². The van der Waals surface area contributed by atoms with Crippen LogP contribution in [0.1, 0.15) is 86.0 Å². The van der Waals surface area contributed by atoms with Gasteiger partial charge in [-0.3, -0.25) is 4.79 Å². The molecule has 0 aromatic heterocycles. The fourth-order valence-corrected chi connectivity index (χ4v) is 8.21. The Bertz CT molecular complexity index is 703. The highest BCUT2D eigenvalue weighted by molar-refractivity contribution is 5.91. The molecule has 0 amide bonds. The van der Waals surface area contributed by atoms with Gasteiger partial charge in [0.25, 0.3) is 0 Å². The number of ketones is 1. The fraction of sp³-hybridized carbons (Fsp3) is 0.815. The lowest BCUT2D eigenvalue weighted by Crippen LogP contribution is -2.51. The second-order valence-electron chi connectivity index (χ2n) is 11.7. The first-order chi connectivity index (χ1) is 13.7. The second kappa shape index (κ2) is 7.66. The number of rotatable bonds is 4. The van der Waals surface area contributed by atoms with Crippen LogP contribution in [-0.4, -0.2) is 17.0 Å². The van der Waals surface area contributed by atoms with E-state index in [1.807, 2.05) is 6.08 Å². The SMILES string of the molecule is CC(C)C=CC(O)C(C)C1CCC2C3CCC4=CC(=O)CCC4(C)C3CCC12C. The van der Waals surface area contributed by atoms with Gasteiger partial charge in [0.2, 0.25) is 0 Å². The molecule has 1 N–H and O–H groups in total. The lowest BCUT2D eigenvalue weighted by Gasteiger charge is -2.58.